The summed E-state index contributed by atoms with van der Waals surface area (Å²) in [5.74, 6) is 0.375. The van der Waals surface area contributed by atoms with Gasteiger partial charge in [-0.2, -0.15) is 0 Å². The first-order chi connectivity index (χ1) is 12.5. The van der Waals surface area contributed by atoms with E-state index in [-0.39, 0.29) is 43.4 Å². The van der Waals surface area contributed by atoms with Crippen molar-refractivity contribution < 1.29 is 19.1 Å². The molecule has 2 aliphatic heterocycles. The lowest BCUT2D eigenvalue weighted by molar-refractivity contribution is -0.139. The SMILES string of the molecule is COc1ccccc1[C@H]1CCC[C@@H](C)N1C(=O)CN1CCC(=O)NC1=O. The third-order valence-electron chi connectivity index (χ3n) is 5.16. The Kier molecular flexibility index (Phi) is 5.44. The summed E-state index contributed by atoms with van der Waals surface area (Å²) < 4.78 is 5.49. The number of piperidine rings is 1. The van der Waals surface area contributed by atoms with E-state index in [1.807, 2.05) is 36.1 Å². The number of hydrogen-bond acceptors (Lipinski definition) is 4. The minimum Gasteiger partial charge on any atom is -0.496 e. The van der Waals surface area contributed by atoms with Gasteiger partial charge in [-0.05, 0) is 32.3 Å². The zero-order valence-corrected chi connectivity index (χ0v) is 15.2. The molecule has 0 saturated carbocycles. The summed E-state index contributed by atoms with van der Waals surface area (Å²) in [7, 11) is 1.63. The van der Waals surface area contributed by atoms with Gasteiger partial charge in [-0.3, -0.25) is 14.9 Å². The summed E-state index contributed by atoms with van der Waals surface area (Å²) >= 11 is 0. The number of benzene rings is 1. The van der Waals surface area contributed by atoms with Crippen molar-refractivity contribution in [1.29, 1.82) is 0 Å². The monoisotopic (exact) mass is 359 g/mol. The molecular weight excluding hydrogens is 334 g/mol. The first kappa shape index (κ1) is 18.2. The smallest absolute Gasteiger partial charge is 0.324 e. The van der Waals surface area contributed by atoms with Crippen LogP contribution in [0.15, 0.2) is 24.3 Å². The summed E-state index contributed by atoms with van der Waals surface area (Å²) in [6.07, 6.45) is 3.06. The van der Waals surface area contributed by atoms with Gasteiger partial charge in [0.1, 0.15) is 12.3 Å². The third-order valence-corrected chi connectivity index (χ3v) is 5.16. The largest absolute Gasteiger partial charge is 0.496 e. The lowest BCUT2D eigenvalue weighted by Crippen LogP contribution is -2.54. The summed E-state index contributed by atoms with van der Waals surface area (Å²) in [6.45, 7) is 2.30. The zero-order chi connectivity index (χ0) is 18.7. The third kappa shape index (κ3) is 3.66. The Hall–Kier alpha value is -2.57. The number of carbonyl (C=O) groups is 3. The Morgan fingerprint density at radius 1 is 1.27 bits per heavy atom. The Balaban J connectivity index is 1.81. The number of likely N-dealkylation sites (tertiary alicyclic amines) is 1. The van der Waals surface area contributed by atoms with Crippen LogP contribution in [0.5, 0.6) is 5.75 Å². The Morgan fingerprint density at radius 3 is 2.77 bits per heavy atom. The van der Waals surface area contributed by atoms with Crippen molar-refractivity contribution in [2.24, 2.45) is 0 Å². The van der Waals surface area contributed by atoms with Crippen LogP contribution in [-0.4, -0.2) is 53.9 Å². The molecule has 7 nitrogen and oxygen atoms in total. The number of imide groups is 1. The highest BCUT2D eigenvalue weighted by atomic mass is 16.5. The standard InChI is InChI=1S/C19H25N3O4/c1-13-6-5-8-15(14-7-3-4-9-16(14)26-2)22(13)18(24)12-21-11-10-17(23)20-19(21)25/h3-4,7,9,13,15H,5-6,8,10-12H2,1-2H3,(H,20,23,25)/t13-,15-/m1/s1. The van der Waals surface area contributed by atoms with E-state index in [1.54, 1.807) is 7.11 Å². The highest BCUT2D eigenvalue weighted by Crippen LogP contribution is 2.38. The number of para-hydroxylation sites is 1. The maximum Gasteiger partial charge on any atom is 0.324 e. The zero-order valence-electron chi connectivity index (χ0n) is 15.2. The maximum atomic E-state index is 13.1. The molecule has 7 heteroatoms. The fraction of sp³-hybridized carbons (Fsp3) is 0.526. The second kappa shape index (κ2) is 7.76. The van der Waals surface area contributed by atoms with Gasteiger partial charge in [-0.15, -0.1) is 0 Å². The van der Waals surface area contributed by atoms with Crippen LogP contribution in [-0.2, 0) is 9.59 Å². The van der Waals surface area contributed by atoms with Gasteiger partial charge in [-0.25, -0.2) is 4.79 Å². The van der Waals surface area contributed by atoms with Gasteiger partial charge in [0, 0.05) is 24.6 Å². The van der Waals surface area contributed by atoms with Crippen LogP contribution in [0.25, 0.3) is 0 Å². The van der Waals surface area contributed by atoms with Crippen LogP contribution in [0.1, 0.15) is 44.2 Å². The van der Waals surface area contributed by atoms with Crippen LogP contribution in [0, 0.1) is 0 Å². The highest BCUT2D eigenvalue weighted by molar-refractivity contribution is 5.98. The lowest BCUT2D eigenvalue weighted by Gasteiger charge is -2.42. The van der Waals surface area contributed by atoms with E-state index >= 15 is 0 Å². The molecule has 0 unspecified atom stereocenters. The van der Waals surface area contributed by atoms with E-state index in [0.717, 1.165) is 30.6 Å². The van der Waals surface area contributed by atoms with Crippen molar-refractivity contribution in [1.82, 2.24) is 15.1 Å². The molecule has 1 N–H and O–H groups in total. The van der Waals surface area contributed by atoms with Crippen LogP contribution >= 0.6 is 0 Å². The summed E-state index contributed by atoms with van der Waals surface area (Å²) in [6, 6.07) is 7.28. The molecule has 2 heterocycles. The number of ether oxygens (including phenoxy) is 1. The predicted molar refractivity (Wildman–Crippen MR) is 95.6 cm³/mol. The topological polar surface area (TPSA) is 79.0 Å². The molecule has 2 atom stereocenters. The van der Waals surface area contributed by atoms with Gasteiger partial charge in [0.15, 0.2) is 0 Å². The molecule has 1 aromatic rings. The minimum atomic E-state index is -0.492. The molecule has 0 spiro atoms. The van der Waals surface area contributed by atoms with Crippen LogP contribution in [0.3, 0.4) is 0 Å². The van der Waals surface area contributed by atoms with E-state index in [2.05, 4.69) is 5.32 Å². The Bertz CT molecular complexity index is 706. The molecule has 2 aliphatic rings. The molecule has 4 amide bonds. The highest BCUT2D eigenvalue weighted by Gasteiger charge is 2.36. The van der Waals surface area contributed by atoms with Crippen LogP contribution in [0.4, 0.5) is 4.79 Å². The molecular formula is C19H25N3O4. The van der Waals surface area contributed by atoms with E-state index in [0.29, 0.717) is 0 Å². The van der Waals surface area contributed by atoms with Crippen molar-refractivity contribution in [3.8, 4) is 5.75 Å². The van der Waals surface area contributed by atoms with Gasteiger partial charge >= 0.3 is 6.03 Å². The quantitative estimate of drug-likeness (QED) is 0.893. The summed E-state index contributed by atoms with van der Waals surface area (Å²) in [4.78, 5) is 39.6. The predicted octanol–water partition coefficient (Wildman–Crippen LogP) is 2.08. The molecule has 1 aromatic carbocycles. The number of hydrogen-bond donors (Lipinski definition) is 1. The van der Waals surface area contributed by atoms with Crippen molar-refractivity contribution in [2.45, 2.75) is 44.7 Å². The Morgan fingerprint density at radius 2 is 2.04 bits per heavy atom. The van der Waals surface area contributed by atoms with Gasteiger partial charge in [-0.1, -0.05) is 18.2 Å². The number of amides is 4. The molecule has 0 aliphatic carbocycles. The molecule has 3 rings (SSSR count). The number of rotatable bonds is 4. The van der Waals surface area contributed by atoms with E-state index < -0.39 is 6.03 Å². The van der Waals surface area contributed by atoms with Gasteiger partial charge in [0.25, 0.3) is 0 Å². The molecule has 140 valence electrons. The second-order valence-corrected chi connectivity index (χ2v) is 6.86. The van der Waals surface area contributed by atoms with Crippen molar-refractivity contribution >= 4 is 17.8 Å². The number of nitrogens with zero attached hydrogens (tertiary/aromatic N) is 2. The van der Waals surface area contributed by atoms with Crippen LogP contribution in [0.2, 0.25) is 0 Å². The van der Waals surface area contributed by atoms with Crippen LogP contribution < -0.4 is 10.1 Å². The molecule has 0 radical (unpaired) electrons. The fourth-order valence-corrected chi connectivity index (χ4v) is 3.85. The molecule has 26 heavy (non-hydrogen) atoms. The van der Waals surface area contributed by atoms with Crippen molar-refractivity contribution in [3.63, 3.8) is 0 Å². The molecule has 0 bridgehead atoms. The van der Waals surface area contributed by atoms with E-state index in [4.69, 9.17) is 4.74 Å². The molecule has 2 saturated heterocycles. The van der Waals surface area contributed by atoms with E-state index in [1.165, 1.54) is 4.90 Å². The molecule has 0 aromatic heterocycles. The Labute approximate surface area is 153 Å². The molecule has 2 fully saturated rings. The fourth-order valence-electron chi connectivity index (χ4n) is 3.85. The maximum absolute atomic E-state index is 13.1. The van der Waals surface area contributed by atoms with Crippen molar-refractivity contribution in [2.75, 3.05) is 20.2 Å². The number of methoxy groups -OCH3 is 1. The number of carbonyl (C=O) groups excluding carboxylic acids is 3. The first-order valence-corrected chi connectivity index (χ1v) is 9.04. The number of nitrogens with one attached hydrogen (secondary N) is 1. The van der Waals surface area contributed by atoms with Gasteiger partial charge < -0.3 is 14.5 Å². The van der Waals surface area contributed by atoms with E-state index in [9.17, 15) is 14.4 Å². The lowest BCUT2D eigenvalue weighted by atomic mass is 9.90. The second-order valence-electron chi connectivity index (χ2n) is 6.86. The average molecular weight is 359 g/mol. The van der Waals surface area contributed by atoms with Gasteiger partial charge in [0.2, 0.25) is 11.8 Å². The normalized spacial score (nSPS) is 23.6. The van der Waals surface area contributed by atoms with Gasteiger partial charge in [0.05, 0.1) is 13.2 Å². The average Bonchev–Trinajstić information content (AvgIpc) is 2.63. The summed E-state index contributed by atoms with van der Waals surface area (Å²) in [5.41, 5.74) is 0.994. The first-order valence-electron chi connectivity index (χ1n) is 9.04. The van der Waals surface area contributed by atoms with Crippen molar-refractivity contribution in [3.05, 3.63) is 29.8 Å². The number of urea groups is 1. The minimum absolute atomic E-state index is 0.0187. The summed E-state index contributed by atoms with van der Waals surface area (Å²) in [5, 5.41) is 2.27.